The van der Waals surface area contributed by atoms with Gasteiger partial charge in [-0.3, -0.25) is 0 Å². The Balaban J connectivity index is 0.000000157. The first kappa shape index (κ1) is 75.3. The van der Waals surface area contributed by atoms with E-state index in [9.17, 15) is 0 Å². The fourth-order valence-corrected chi connectivity index (χ4v) is 15.9. The van der Waals surface area contributed by atoms with Crippen LogP contribution in [0.2, 0.25) is 0 Å². The number of hydrogen-bond acceptors (Lipinski definition) is 6. The second kappa shape index (κ2) is 34.5. The monoisotopic (exact) mass is 1570 g/mol. The van der Waals surface area contributed by atoms with Crippen molar-refractivity contribution in [2.75, 3.05) is 9.80 Å². The van der Waals surface area contributed by atoms with Crippen molar-refractivity contribution in [3.8, 4) is 100 Å². The molecule has 6 nitrogen and oxygen atoms in total. The van der Waals surface area contributed by atoms with Gasteiger partial charge in [0.15, 0.2) is 0 Å². The van der Waals surface area contributed by atoms with Crippen LogP contribution in [-0.4, -0.2) is 17.2 Å². The quantitative estimate of drug-likeness (QED) is 0.0939. The lowest BCUT2D eigenvalue weighted by atomic mass is 9.81. The standard InChI is InChI=1S/C54H37NO.C48H32BrNO.C6H7BO2.CH4.H2/c1-4-13-38(14-5-1)40-25-31-46(32-26-40)55(47-33-27-41(28-34-47)39-15-6-2-7-16-39)48-35-29-42(30-36-48)44-19-10-20-45(37-44)50-22-12-24-52-51-23-11-21-49(53(51)56-54(50)52)43-17-8-3-9-18-43;49-46-19-9-18-45-44-17-8-16-43(47(44)51-48(45)46)39-15-7-14-38(32-39)37-24-30-42(31-25-37)50(40-26-20-35(21-27-40)33-10-3-1-4-11-33)41-28-22-36(23-29-41)34-12-5-2-6-13-34;8-7(9)6-4-2-1-3-5-6;;/h1-37H;1-32H;1-5,8-9H;1H4;1H/i;;;;1+1. The van der Waals surface area contributed by atoms with Gasteiger partial charge in [-0.25, -0.2) is 0 Å². The zero-order valence-corrected chi connectivity index (χ0v) is 64.9. The molecule has 0 saturated carbocycles. The van der Waals surface area contributed by atoms with Crippen molar-refractivity contribution < 1.29 is 20.3 Å². The first-order valence-corrected chi connectivity index (χ1v) is 39.7. The van der Waals surface area contributed by atoms with E-state index in [1.165, 1.54) is 44.5 Å². The fraction of sp³-hybridized carbons (Fsp3) is 0.00917. The highest BCUT2D eigenvalue weighted by Crippen LogP contribution is 2.45. The van der Waals surface area contributed by atoms with Crippen molar-refractivity contribution in [1.82, 2.24) is 0 Å². The van der Waals surface area contributed by atoms with Gasteiger partial charge >= 0.3 is 7.12 Å². The molecule has 0 radical (unpaired) electrons. The van der Waals surface area contributed by atoms with Crippen molar-refractivity contribution in [2.45, 2.75) is 7.43 Å². The summed E-state index contributed by atoms with van der Waals surface area (Å²) in [5.41, 5.74) is 31.6. The average molecular weight is 1580 g/mol. The molecule has 0 spiro atoms. The maximum Gasteiger partial charge on any atom is 0.488 e. The molecule has 2 heterocycles. The molecule has 0 aliphatic heterocycles. The Morgan fingerprint density at radius 1 is 0.205 bits per heavy atom. The molecule has 0 amide bonds. The summed E-state index contributed by atoms with van der Waals surface area (Å²) in [6, 6.07) is 157. The van der Waals surface area contributed by atoms with E-state index in [1.54, 1.807) is 24.3 Å². The van der Waals surface area contributed by atoms with E-state index in [1.807, 2.05) is 18.2 Å². The molecular formula is C109H82BBrN2O4. The Morgan fingerprint density at radius 3 is 0.709 bits per heavy atom. The summed E-state index contributed by atoms with van der Waals surface area (Å²) < 4.78 is 14.2. The van der Waals surface area contributed by atoms with E-state index in [0.717, 1.165) is 138 Å². The molecule has 0 aliphatic rings. The summed E-state index contributed by atoms with van der Waals surface area (Å²) in [5, 5.41) is 21.6. The minimum absolute atomic E-state index is 0. The van der Waals surface area contributed by atoms with Crippen LogP contribution in [0.5, 0.6) is 0 Å². The minimum atomic E-state index is -1.34. The zero-order valence-electron chi connectivity index (χ0n) is 63.3. The number of hydrogen-bond donors (Lipinski definition) is 2. The summed E-state index contributed by atoms with van der Waals surface area (Å²) in [4.78, 5) is 4.65. The van der Waals surface area contributed by atoms with Gasteiger partial charge in [0.05, 0.1) is 4.47 Å². The molecule has 2 aromatic heterocycles. The molecule has 20 aromatic rings. The second-order valence-electron chi connectivity index (χ2n) is 28.6. The van der Waals surface area contributed by atoms with Gasteiger partial charge < -0.3 is 28.7 Å². The van der Waals surface area contributed by atoms with Crippen LogP contribution in [-0.2, 0) is 0 Å². The van der Waals surface area contributed by atoms with Crippen LogP contribution in [0.15, 0.2) is 462 Å². The Kier molecular flexibility index (Phi) is 22.2. The Labute approximate surface area is 692 Å². The van der Waals surface area contributed by atoms with E-state index < -0.39 is 7.12 Å². The number of fused-ring (bicyclic) bond motifs is 6. The van der Waals surface area contributed by atoms with Gasteiger partial charge in [0, 0.05) is 73.8 Å². The average Bonchev–Trinajstić information content (AvgIpc) is 1.59. The van der Waals surface area contributed by atoms with Crippen molar-refractivity contribution in [1.29, 1.82) is 0 Å². The number of halogens is 1. The van der Waals surface area contributed by atoms with E-state index in [0.29, 0.717) is 5.46 Å². The molecule has 0 aliphatic carbocycles. The normalized spacial score (nSPS) is 11.0. The Morgan fingerprint density at radius 2 is 0.419 bits per heavy atom. The molecule has 0 saturated heterocycles. The lowest BCUT2D eigenvalue weighted by molar-refractivity contribution is 0.426. The Hall–Kier alpha value is -14.4. The first-order chi connectivity index (χ1) is 57.3. The minimum Gasteiger partial charge on any atom is -0.455 e. The molecule has 8 heteroatoms. The summed E-state index contributed by atoms with van der Waals surface area (Å²) in [5.74, 6) is 0. The predicted octanol–water partition coefficient (Wildman–Crippen LogP) is 30.1. The molecule has 0 bridgehead atoms. The number of benzene rings is 18. The molecule has 0 unspecified atom stereocenters. The number of para-hydroxylation sites is 4. The molecule has 18 aromatic carbocycles. The molecule has 0 atom stereocenters. The van der Waals surface area contributed by atoms with Crippen molar-refractivity contribution in [3.05, 3.63) is 453 Å². The Bertz CT molecular complexity index is 6570. The van der Waals surface area contributed by atoms with Crippen molar-refractivity contribution in [3.63, 3.8) is 0 Å². The van der Waals surface area contributed by atoms with E-state index in [-0.39, 0.29) is 8.85 Å². The van der Waals surface area contributed by atoms with Crippen LogP contribution in [0.3, 0.4) is 0 Å². The van der Waals surface area contributed by atoms with Crippen LogP contribution in [0, 0.1) is 0 Å². The third-order valence-corrected chi connectivity index (χ3v) is 22.0. The SMILES string of the molecule is Brc1cccc2c1oc1c(-c3cccc(-c4ccc(N(c5ccc(-c6ccccc6)cc5)c5ccc(-c6ccccc6)cc5)cc4)c3)cccc12.C.OB(O)c1ccccc1.[2HH].c1ccc(-c2ccc(N(c3ccc(-c4ccccc4)cc3)c3ccc(-c4cccc(-c5cccc6c5oc5c(-c7ccccc7)cccc56)c4)cc3)cc2)cc1. The van der Waals surface area contributed by atoms with Gasteiger partial charge in [0.25, 0.3) is 0 Å². The summed E-state index contributed by atoms with van der Waals surface area (Å²) in [7, 11) is -1.34. The lowest BCUT2D eigenvalue weighted by Gasteiger charge is -2.26. The smallest absolute Gasteiger partial charge is 0.455 e. The summed E-state index contributed by atoms with van der Waals surface area (Å²) in [6.45, 7) is 0. The van der Waals surface area contributed by atoms with Gasteiger partial charge in [0.2, 0.25) is 0 Å². The van der Waals surface area contributed by atoms with Gasteiger partial charge in [-0.1, -0.05) is 365 Å². The first-order valence-electron chi connectivity index (χ1n) is 38.9. The molecular weight excluding hydrogens is 1490 g/mol. The van der Waals surface area contributed by atoms with Crippen LogP contribution in [0.25, 0.3) is 144 Å². The molecule has 20 rings (SSSR count). The lowest BCUT2D eigenvalue weighted by Crippen LogP contribution is -2.29. The third kappa shape index (κ3) is 16.2. The summed E-state index contributed by atoms with van der Waals surface area (Å²) >= 11 is 3.67. The van der Waals surface area contributed by atoms with Crippen LogP contribution >= 0.6 is 15.9 Å². The van der Waals surface area contributed by atoms with Crippen LogP contribution in [0.1, 0.15) is 8.85 Å². The number of rotatable bonds is 16. The zero-order chi connectivity index (χ0) is 78.1. The topological polar surface area (TPSA) is 73.2 Å². The molecule has 117 heavy (non-hydrogen) atoms. The van der Waals surface area contributed by atoms with Gasteiger partial charge in [0.1, 0.15) is 22.3 Å². The van der Waals surface area contributed by atoms with E-state index in [4.69, 9.17) is 18.9 Å². The maximum absolute atomic E-state index is 8.58. The number of nitrogens with zero attached hydrogens (tertiary/aromatic N) is 2. The molecule has 0 fully saturated rings. The largest absolute Gasteiger partial charge is 0.488 e. The van der Waals surface area contributed by atoms with Gasteiger partial charge in [-0.15, -0.1) is 0 Å². The molecule has 2 N–H and O–H groups in total. The fourth-order valence-electron chi connectivity index (χ4n) is 15.5. The van der Waals surface area contributed by atoms with Crippen molar-refractivity contribution in [2.24, 2.45) is 0 Å². The highest BCUT2D eigenvalue weighted by atomic mass is 79.9. The third-order valence-electron chi connectivity index (χ3n) is 21.4. The highest BCUT2D eigenvalue weighted by Gasteiger charge is 2.21. The van der Waals surface area contributed by atoms with Gasteiger partial charge in [-0.05, 0) is 196 Å². The molecule has 562 valence electrons. The second-order valence-corrected chi connectivity index (χ2v) is 29.4. The van der Waals surface area contributed by atoms with E-state index >= 15 is 0 Å². The summed E-state index contributed by atoms with van der Waals surface area (Å²) in [6.07, 6.45) is 0. The van der Waals surface area contributed by atoms with E-state index in [2.05, 4.69) is 432 Å². The maximum atomic E-state index is 8.58. The van der Waals surface area contributed by atoms with Crippen molar-refractivity contribution >= 4 is 107 Å². The predicted molar refractivity (Wildman–Crippen MR) is 499 cm³/mol. The van der Waals surface area contributed by atoms with Crippen LogP contribution < -0.4 is 15.3 Å². The highest BCUT2D eigenvalue weighted by molar-refractivity contribution is 9.10. The van der Waals surface area contributed by atoms with Gasteiger partial charge in [-0.2, -0.15) is 0 Å². The van der Waals surface area contributed by atoms with Crippen LogP contribution in [0.4, 0.5) is 34.1 Å². The number of anilines is 6. The number of furan rings is 2.